The molecule has 1 unspecified atom stereocenters. The van der Waals surface area contributed by atoms with Gasteiger partial charge in [0, 0.05) is 6.61 Å². The van der Waals surface area contributed by atoms with Gasteiger partial charge in [-0.05, 0) is 49.6 Å². The summed E-state index contributed by atoms with van der Waals surface area (Å²) in [5, 5.41) is 3.41. The highest BCUT2D eigenvalue weighted by Gasteiger charge is 2.12. The third-order valence-electron chi connectivity index (χ3n) is 2.74. The molecule has 18 heavy (non-hydrogen) atoms. The lowest BCUT2D eigenvalue weighted by atomic mass is 10.0. The van der Waals surface area contributed by atoms with Crippen molar-refractivity contribution >= 4 is 0 Å². The Kier molecular flexibility index (Phi) is 6.91. The van der Waals surface area contributed by atoms with Crippen molar-refractivity contribution in [3.8, 4) is 0 Å². The minimum atomic E-state index is -0.177. The fraction of sp³-hybridized carbons (Fsp3) is 0.600. The number of nitrogens with one attached hydrogen (secondary N) is 1. The minimum Gasteiger partial charge on any atom is -0.379 e. The first-order valence-corrected chi connectivity index (χ1v) is 6.75. The summed E-state index contributed by atoms with van der Waals surface area (Å²) in [6, 6.07) is 5.24. The van der Waals surface area contributed by atoms with Crippen LogP contribution in [-0.2, 0) is 4.74 Å². The third kappa shape index (κ3) is 5.15. The van der Waals surface area contributed by atoms with Crippen LogP contribution in [0.5, 0.6) is 0 Å². The van der Waals surface area contributed by atoms with Crippen LogP contribution in [0.25, 0.3) is 0 Å². The van der Waals surface area contributed by atoms with E-state index in [2.05, 4.69) is 19.2 Å². The average molecular weight is 253 g/mol. The number of hydrogen-bond acceptors (Lipinski definition) is 2. The molecule has 0 spiro atoms. The van der Waals surface area contributed by atoms with Gasteiger partial charge in [0.2, 0.25) is 0 Å². The first kappa shape index (κ1) is 15.1. The van der Waals surface area contributed by atoms with Gasteiger partial charge in [-0.25, -0.2) is 4.39 Å². The number of aryl methyl sites for hydroxylation is 1. The van der Waals surface area contributed by atoms with Gasteiger partial charge < -0.3 is 10.1 Å². The highest BCUT2D eigenvalue weighted by Crippen LogP contribution is 2.17. The molecule has 1 N–H and O–H groups in total. The summed E-state index contributed by atoms with van der Waals surface area (Å²) in [6.45, 7) is 8.37. The van der Waals surface area contributed by atoms with Crippen molar-refractivity contribution in [1.82, 2.24) is 5.32 Å². The normalized spacial score (nSPS) is 12.7. The van der Waals surface area contributed by atoms with Crippen molar-refractivity contribution in [3.05, 3.63) is 35.1 Å². The van der Waals surface area contributed by atoms with Gasteiger partial charge in [0.05, 0.1) is 12.6 Å². The second kappa shape index (κ2) is 8.22. The predicted octanol–water partition coefficient (Wildman–Crippen LogP) is 3.60. The zero-order valence-corrected chi connectivity index (χ0v) is 11.6. The molecule has 1 aromatic rings. The van der Waals surface area contributed by atoms with Crippen molar-refractivity contribution in [2.75, 3.05) is 19.8 Å². The van der Waals surface area contributed by atoms with Crippen molar-refractivity contribution in [2.24, 2.45) is 0 Å². The van der Waals surface area contributed by atoms with Crippen LogP contribution in [0.15, 0.2) is 18.2 Å². The monoisotopic (exact) mass is 253 g/mol. The first-order chi connectivity index (χ1) is 8.67. The van der Waals surface area contributed by atoms with E-state index < -0.39 is 0 Å². The van der Waals surface area contributed by atoms with E-state index >= 15 is 0 Å². The lowest BCUT2D eigenvalue weighted by molar-refractivity contribution is 0.112. The smallest absolute Gasteiger partial charge is 0.123 e. The van der Waals surface area contributed by atoms with Crippen molar-refractivity contribution in [1.29, 1.82) is 0 Å². The molecule has 0 aliphatic carbocycles. The molecule has 1 rings (SSSR count). The second-order valence-electron chi connectivity index (χ2n) is 4.64. The van der Waals surface area contributed by atoms with E-state index in [4.69, 9.17) is 4.74 Å². The summed E-state index contributed by atoms with van der Waals surface area (Å²) < 4.78 is 19.0. The molecular weight excluding hydrogens is 229 g/mol. The molecule has 0 bridgehead atoms. The lowest BCUT2D eigenvalue weighted by Gasteiger charge is -2.19. The number of halogens is 1. The number of rotatable bonds is 8. The van der Waals surface area contributed by atoms with Crippen LogP contribution in [0, 0.1) is 12.7 Å². The van der Waals surface area contributed by atoms with Crippen LogP contribution in [0.2, 0.25) is 0 Å². The average Bonchev–Trinajstić information content (AvgIpc) is 2.32. The van der Waals surface area contributed by atoms with Crippen LogP contribution in [0.4, 0.5) is 4.39 Å². The Morgan fingerprint density at radius 2 is 2.00 bits per heavy atom. The van der Waals surface area contributed by atoms with E-state index in [9.17, 15) is 4.39 Å². The van der Waals surface area contributed by atoms with Gasteiger partial charge in [-0.15, -0.1) is 0 Å². The Hall–Kier alpha value is -0.930. The molecule has 0 aromatic heterocycles. The van der Waals surface area contributed by atoms with E-state index in [-0.39, 0.29) is 11.9 Å². The maximum Gasteiger partial charge on any atom is 0.123 e. The Morgan fingerprint density at radius 1 is 1.22 bits per heavy atom. The molecule has 0 saturated carbocycles. The van der Waals surface area contributed by atoms with Gasteiger partial charge in [0.1, 0.15) is 5.82 Å². The highest BCUT2D eigenvalue weighted by molar-refractivity contribution is 5.26. The Bertz CT molecular complexity index is 334. The lowest BCUT2D eigenvalue weighted by Crippen LogP contribution is -2.26. The summed E-state index contributed by atoms with van der Waals surface area (Å²) in [5.74, 6) is -0.177. The van der Waals surface area contributed by atoms with Gasteiger partial charge in [-0.2, -0.15) is 0 Å². The molecule has 102 valence electrons. The summed E-state index contributed by atoms with van der Waals surface area (Å²) >= 11 is 0. The van der Waals surface area contributed by atoms with Crippen LogP contribution in [0.3, 0.4) is 0 Å². The Labute approximate surface area is 110 Å². The van der Waals surface area contributed by atoms with Gasteiger partial charge >= 0.3 is 0 Å². The van der Waals surface area contributed by atoms with Crippen molar-refractivity contribution in [2.45, 2.75) is 39.7 Å². The zero-order valence-electron chi connectivity index (χ0n) is 11.6. The molecule has 1 aromatic carbocycles. The summed E-state index contributed by atoms with van der Waals surface area (Å²) in [5.41, 5.74) is 1.92. The van der Waals surface area contributed by atoms with Gasteiger partial charge in [0.25, 0.3) is 0 Å². The van der Waals surface area contributed by atoms with Gasteiger partial charge in [0.15, 0.2) is 0 Å². The first-order valence-electron chi connectivity index (χ1n) is 6.75. The molecule has 0 aliphatic heterocycles. The molecular formula is C15H24FNO. The third-order valence-corrected chi connectivity index (χ3v) is 2.74. The van der Waals surface area contributed by atoms with Crippen LogP contribution in [0.1, 0.15) is 43.9 Å². The molecule has 0 amide bonds. The van der Waals surface area contributed by atoms with Crippen LogP contribution in [-0.4, -0.2) is 19.8 Å². The zero-order chi connectivity index (χ0) is 13.4. The minimum absolute atomic E-state index is 0.0749. The quantitative estimate of drug-likeness (QED) is 0.715. The fourth-order valence-electron chi connectivity index (χ4n) is 1.90. The van der Waals surface area contributed by atoms with E-state index in [1.807, 2.05) is 13.0 Å². The Balaban J connectivity index is 2.72. The molecule has 0 saturated heterocycles. The van der Waals surface area contributed by atoms with Crippen LogP contribution >= 0.6 is 0 Å². The van der Waals surface area contributed by atoms with Gasteiger partial charge in [-0.3, -0.25) is 0 Å². The van der Waals surface area contributed by atoms with Crippen molar-refractivity contribution < 1.29 is 9.13 Å². The standard InChI is InChI=1S/C15H24FNO/c1-4-6-17-15(11-18-7-5-2)13-8-12(3)9-14(16)10-13/h8-10,15,17H,4-7,11H2,1-3H3. The molecule has 0 heterocycles. The molecule has 3 heteroatoms. The number of hydrogen-bond donors (Lipinski definition) is 1. The second-order valence-corrected chi connectivity index (χ2v) is 4.64. The molecule has 0 radical (unpaired) electrons. The van der Waals surface area contributed by atoms with E-state index in [0.29, 0.717) is 6.61 Å². The molecule has 2 nitrogen and oxygen atoms in total. The fourth-order valence-corrected chi connectivity index (χ4v) is 1.90. The SMILES string of the molecule is CCCNC(COCCC)c1cc(C)cc(F)c1. The topological polar surface area (TPSA) is 21.3 Å². The van der Waals surface area contributed by atoms with Gasteiger partial charge in [-0.1, -0.05) is 19.9 Å². The Morgan fingerprint density at radius 3 is 2.61 bits per heavy atom. The van der Waals surface area contributed by atoms with E-state index in [1.54, 1.807) is 12.1 Å². The van der Waals surface area contributed by atoms with Crippen LogP contribution < -0.4 is 5.32 Å². The number of ether oxygens (including phenoxy) is 1. The largest absolute Gasteiger partial charge is 0.379 e. The predicted molar refractivity (Wildman–Crippen MR) is 73.3 cm³/mol. The van der Waals surface area contributed by atoms with Crippen molar-refractivity contribution in [3.63, 3.8) is 0 Å². The molecule has 1 atom stereocenters. The van der Waals surface area contributed by atoms with E-state index in [1.165, 1.54) is 0 Å². The highest BCUT2D eigenvalue weighted by atomic mass is 19.1. The summed E-state index contributed by atoms with van der Waals surface area (Å²) in [4.78, 5) is 0. The molecule has 0 fully saturated rings. The number of benzene rings is 1. The maximum absolute atomic E-state index is 13.4. The summed E-state index contributed by atoms with van der Waals surface area (Å²) in [7, 11) is 0. The summed E-state index contributed by atoms with van der Waals surface area (Å²) in [6.07, 6.45) is 2.06. The van der Waals surface area contributed by atoms with E-state index in [0.717, 1.165) is 37.1 Å². The molecule has 0 aliphatic rings. The maximum atomic E-state index is 13.4.